The van der Waals surface area contributed by atoms with E-state index >= 15 is 0 Å². The van der Waals surface area contributed by atoms with Crippen LogP contribution >= 0.6 is 0 Å². The van der Waals surface area contributed by atoms with Gasteiger partial charge in [-0.05, 0) is 25.8 Å². The zero-order valence-corrected chi connectivity index (χ0v) is 9.00. The van der Waals surface area contributed by atoms with Crippen molar-refractivity contribution in [3.63, 3.8) is 0 Å². The zero-order chi connectivity index (χ0) is 10.9. The quantitative estimate of drug-likeness (QED) is 0.444. The van der Waals surface area contributed by atoms with Crippen LogP contribution in [0.2, 0.25) is 0 Å². The third kappa shape index (κ3) is 7.30. The fraction of sp³-hybridized carbons (Fsp3) is 0.900. The van der Waals surface area contributed by atoms with Crippen LogP contribution in [0.1, 0.15) is 19.3 Å². The maximum Gasteiger partial charge on any atom is 0.234 e. The largest absolute Gasteiger partial charge is 0.394 e. The SMILES string of the molecule is O=C(CNCCCOCCO)NC1CC1. The van der Waals surface area contributed by atoms with Crippen molar-refractivity contribution in [2.75, 3.05) is 32.9 Å². The smallest absolute Gasteiger partial charge is 0.234 e. The van der Waals surface area contributed by atoms with E-state index < -0.39 is 0 Å². The molecule has 0 aromatic heterocycles. The summed E-state index contributed by atoms with van der Waals surface area (Å²) in [5.41, 5.74) is 0. The Morgan fingerprint density at radius 1 is 1.40 bits per heavy atom. The van der Waals surface area contributed by atoms with Gasteiger partial charge in [0.05, 0.1) is 19.8 Å². The lowest BCUT2D eigenvalue weighted by atomic mass is 10.4. The average molecular weight is 216 g/mol. The predicted molar refractivity (Wildman–Crippen MR) is 56.6 cm³/mol. The van der Waals surface area contributed by atoms with Gasteiger partial charge in [0.1, 0.15) is 0 Å². The first-order chi connectivity index (χ1) is 7.33. The number of aliphatic hydroxyl groups is 1. The van der Waals surface area contributed by atoms with Crippen LogP contribution in [0.25, 0.3) is 0 Å². The Kier molecular flexibility index (Phi) is 6.31. The van der Waals surface area contributed by atoms with Crippen molar-refractivity contribution < 1.29 is 14.6 Å². The molecule has 0 atom stereocenters. The van der Waals surface area contributed by atoms with E-state index in [0.29, 0.717) is 25.8 Å². The number of ether oxygens (including phenoxy) is 1. The van der Waals surface area contributed by atoms with Gasteiger partial charge in [-0.15, -0.1) is 0 Å². The molecule has 0 radical (unpaired) electrons. The van der Waals surface area contributed by atoms with Crippen LogP contribution in [-0.4, -0.2) is 50.0 Å². The minimum atomic E-state index is 0.0667. The molecule has 0 saturated heterocycles. The van der Waals surface area contributed by atoms with Crippen molar-refractivity contribution >= 4 is 5.91 Å². The van der Waals surface area contributed by atoms with Crippen LogP contribution in [0.3, 0.4) is 0 Å². The van der Waals surface area contributed by atoms with Crippen molar-refractivity contribution in [2.24, 2.45) is 0 Å². The second kappa shape index (κ2) is 7.62. The van der Waals surface area contributed by atoms with Crippen LogP contribution in [0, 0.1) is 0 Å². The molecule has 1 fully saturated rings. The molecule has 0 heterocycles. The molecule has 5 heteroatoms. The van der Waals surface area contributed by atoms with E-state index in [1.165, 1.54) is 0 Å². The molecule has 1 rings (SSSR count). The summed E-state index contributed by atoms with van der Waals surface area (Å²) in [6.45, 7) is 2.23. The molecule has 0 spiro atoms. The number of nitrogens with one attached hydrogen (secondary N) is 2. The molecule has 1 amide bonds. The van der Waals surface area contributed by atoms with Gasteiger partial charge in [-0.25, -0.2) is 0 Å². The van der Waals surface area contributed by atoms with Crippen molar-refractivity contribution in [3.05, 3.63) is 0 Å². The van der Waals surface area contributed by atoms with Crippen LogP contribution in [-0.2, 0) is 9.53 Å². The van der Waals surface area contributed by atoms with Crippen molar-refractivity contribution in [1.29, 1.82) is 0 Å². The molecule has 1 saturated carbocycles. The molecule has 0 aliphatic heterocycles. The summed E-state index contributed by atoms with van der Waals surface area (Å²) >= 11 is 0. The molecular formula is C10H20N2O3. The summed E-state index contributed by atoms with van der Waals surface area (Å²) in [5.74, 6) is 0.0776. The lowest BCUT2D eigenvalue weighted by Gasteiger charge is -2.05. The van der Waals surface area contributed by atoms with Gasteiger partial charge in [0, 0.05) is 12.6 Å². The van der Waals surface area contributed by atoms with Crippen LogP contribution < -0.4 is 10.6 Å². The third-order valence-electron chi connectivity index (χ3n) is 2.11. The highest BCUT2D eigenvalue weighted by Crippen LogP contribution is 2.17. The van der Waals surface area contributed by atoms with E-state index in [1.54, 1.807) is 0 Å². The number of aliphatic hydroxyl groups excluding tert-OH is 1. The Bertz CT molecular complexity index is 184. The average Bonchev–Trinajstić information content (AvgIpc) is 3.00. The highest BCUT2D eigenvalue weighted by atomic mass is 16.5. The number of hydrogen-bond acceptors (Lipinski definition) is 4. The molecule has 5 nitrogen and oxygen atoms in total. The topological polar surface area (TPSA) is 70.6 Å². The summed E-state index contributed by atoms with van der Waals surface area (Å²) < 4.78 is 5.07. The maximum absolute atomic E-state index is 11.2. The highest BCUT2D eigenvalue weighted by Gasteiger charge is 2.22. The number of rotatable bonds is 9. The number of amides is 1. The Labute approximate surface area is 90.2 Å². The Morgan fingerprint density at radius 3 is 2.87 bits per heavy atom. The summed E-state index contributed by atoms with van der Waals surface area (Å²) in [6.07, 6.45) is 3.11. The van der Waals surface area contributed by atoms with Gasteiger partial charge in [-0.3, -0.25) is 4.79 Å². The summed E-state index contributed by atoms with van der Waals surface area (Å²) in [4.78, 5) is 11.2. The van der Waals surface area contributed by atoms with Crippen molar-refractivity contribution in [1.82, 2.24) is 10.6 Å². The fourth-order valence-electron chi connectivity index (χ4n) is 1.17. The molecule has 0 aromatic carbocycles. The molecular weight excluding hydrogens is 196 g/mol. The second-order valence-electron chi connectivity index (χ2n) is 3.71. The predicted octanol–water partition coefficient (Wildman–Crippen LogP) is -0.746. The van der Waals surface area contributed by atoms with Gasteiger partial charge in [0.2, 0.25) is 5.91 Å². The molecule has 15 heavy (non-hydrogen) atoms. The Hall–Kier alpha value is -0.650. The molecule has 0 aromatic rings. The minimum absolute atomic E-state index is 0.0667. The molecule has 1 aliphatic carbocycles. The summed E-state index contributed by atoms with van der Waals surface area (Å²) in [7, 11) is 0. The van der Waals surface area contributed by atoms with E-state index in [9.17, 15) is 4.79 Å². The highest BCUT2D eigenvalue weighted by molar-refractivity contribution is 5.78. The van der Waals surface area contributed by atoms with Crippen molar-refractivity contribution in [2.45, 2.75) is 25.3 Å². The zero-order valence-electron chi connectivity index (χ0n) is 9.00. The third-order valence-corrected chi connectivity index (χ3v) is 2.11. The first kappa shape index (κ1) is 12.4. The lowest BCUT2D eigenvalue weighted by molar-refractivity contribution is -0.120. The van der Waals surface area contributed by atoms with Gasteiger partial charge < -0.3 is 20.5 Å². The maximum atomic E-state index is 11.2. The first-order valence-electron chi connectivity index (χ1n) is 5.51. The lowest BCUT2D eigenvalue weighted by Crippen LogP contribution is -2.35. The fourth-order valence-corrected chi connectivity index (χ4v) is 1.17. The summed E-state index contributed by atoms with van der Waals surface area (Å²) in [6, 6.07) is 0.437. The van der Waals surface area contributed by atoms with E-state index in [4.69, 9.17) is 9.84 Å². The Morgan fingerprint density at radius 2 is 2.20 bits per heavy atom. The molecule has 1 aliphatic rings. The molecule has 0 unspecified atom stereocenters. The number of hydrogen-bond donors (Lipinski definition) is 3. The first-order valence-corrected chi connectivity index (χ1v) is 5.51. The Balaban J connectivity index is 1.77. The number of carbonyl (C=O) groups excluding carboxylic acids is 1. The van der Waals surface area contributed by atoms with Crippen LogP contribution in [0.4, 0.5) is 0 Å². The van der Waals surface area contributed by atoms with Gasteiger partial charge in [-0.1, -0.05) is 0 Å². The molecule has 0 bridgehead atoms. The number of carbonyl (C=O) groups is 1. The van der Waals surface area contributed by atoms with Gasteiger partial charge in [0.25, 0.3) is 0 Å². The van der Waals surface area contributed by atoms with Crippen LogP contribution in [0.15, 0.2) is 0 Å². The normalized spacial score (nSPS) is 15.3. The standard InChI is InChI=1S/C10H20N2O3/c13-5-7-15-6-1-4-11-8-10(14)12-9-2-3-9/h9,11,13H,1-8H2,(H,12,14). The minimum Gasteiger partial charge on any atom is -0.394 e. The molecule has 88 valence electrons. The molecule has 3 N–H and O–H groups in total. The van der Waals surface area contributed by atoms with Gasteiger partial charge in [0.15, 0.2) is 0 Å². The van der Waals surface area contributed by atoms with Gasteiger partial charge >= 0.3 is 0 Å². The van der Waals surface area contributed by atoms with E-state index in [0.717, 1.165) is 25.8 Å². The van der Waals surface area contributed by atoms with E-state index in [2.05, 4.69) is 10.6 Å². The van der Waals surface area contributed by atoms with E-state index in [1.807, 2.05) is 0 Å². The summed E-state index contributed by atoms with van der Waals surface area (Å²) in [5, 5.41) is 14.4. The second-order valence-corrected chi connectivity index (χ2v) is 3.71. The van der Waals surface area contributed by atoms with Gasteiger partial charge in [-0.2, -0.15) is 0 Å². The van der Waals surface area contributed by atoms with Crippen molar-refractivity contribution in [3.8, 4) is 0 Å². The monoisotopic (exact) mass is 216 g/mol. The van der Waals surface area contributed by atoms with Crippen LogP contribution in [0.5, 0.6) is 0 Å². The van der Waals surface area contributed by atoms with E-state index in [-0.39, 0.29) is 12.5 Å².